The number of carbonyl (C=O) groups excluding carboxylic acids is 1. The highest BCUT2D eigenvalue weighted by molar-refractivity contribution is 9.10. The molecule has 0 saturated carbocycles. The minimum atomic E-state index is -1.10. The number of nitrogens with one attached hydrogen (secondary N) is 1. The Bertz CT molecular complexity index is 968. The zero-order valence-corrected chi connectivity index (χ0v) is 15.6. The second-order valence-electron chi connectivity index (χ2n) is 5.39. The van der Waals surface area contributed by atoms with Crippen LogP contribution in [-0.2, 0) is 17.9 Å². The minimum absolute atomic E-state index is 0.0167. The maximum absolute atomic E-state index is 12.1. The Labute approximate surface area is 161 Å². The first kappa shape index (κ1) is 18.2. The zero-order valence-electron chi connectivity index (χ0n) is 13.3. The highest BCUT2D eigenvalue weighted by atomic mass is 79.9. The predicted octanol–water partition coefficient (Wildman–Crippen LogP) is 2.88. The lowest BCUT2D eigenvalue weighted by molar-refractivity contribution is -0.116. The van der Waals surface area contributed by atoms with Crippen molar-refractivity contribution in [2.45, 2.75) is 13.1 Å². The molecule has 8 nitrogen and oxygen atoms in total. The van der Waals surface area contributed by atoms with Gasteiger partial charge < -0.3 is 10.4 Å². The number of aromatic carboxylic acids is 1. The van der Waals surface area contributed by atoms with Crippen molar-refractivity contribution >= 4 is 45.2 Å². The average Bonchev–Trinajstić information content (AvgIpc) is 3.17. The Morgan fingerprint density at radius 3 is 2.69 bits per heavy atom. The van der Waals surface area contributed by atoms with Gasteiger partial charge in [0.1, 0.15) is 6.54 Å². The van der Waals surface area contributed by atoms with E-state index in [1.807, 2.05) is 18.2 Å². The summed E-state index contributed by atoms with van der Waals surface area (Å²) in [6.07, 6.45) is 4.20. The van der Waals surface area contributed by atoms with Crippen LogP contribution in [0.3, 0.4) is 0 Å². The van der Waals surface area contributed by atoms with Crippen LogP contribution in [0.5, 0.6) is 0 Å². The number of anilines is 1. The Hall–Kier alpha value is -2.65. The molecule has 0 radical (unpaired) electrons. The maximum atomic E-state index is 12.1. The number of hydrogen-bond donors (Lipinski definition) is 2. The van der Waals surface area contributed by atoms with Crippen LogP contribution in [0.4, 0.5) is 5.82 Å². The van der Waals surface area contributed by atoms with Crippen LogP contribution in [0, 0.1) is 0 Å². The number of carboxylic acid groups (broad SMARTS) is 1. The molecule has 3 aromatic rings. The molecule has 2 N–H and O–H groups in total. The number of nitrogens with zero attached hydrogens (tertiary/aromatic N) is 4. The summed E-state index contributed by atoms with van der Waals surface area (Å²) in [7, 11) is 0. The molecule has 0 unspecified atom stereocenters. The molecule has 0 bridgehead atoms. The van der Waals surface area contributed by atoms with Crippen molar-refractivity contribution in [1.29, 1.82) is 0 Å². The number of rotatable bonds is 6. The van der Waals surface area contributed by atoms with E-state index in [9.17, 15) is 9.59 Å². The monoisotopic (exact) mass is 437 g/mol. The summed E-state index contributed by atoms with van der Waals surface area (Å²) in [5.74, 6) is -1.13. The number of aromatic nitrogens is 4. The van der Waals surface area contributed by atoms with E-state index in [0.717, 1.165) is 5.56 Å². The minimum Gasteiger partial charge on any atom is -0.478 e. The molecular weight excluding hydrogens is 426 g/mol. The van der Waals surface area contributed by atoms with E-state index in [4.69, 9.17) is 16.7 Å². The Morgan fingerprint density at radius 2 is 2.00 bits per heavy atom. The molecule has 0 aliphatic carbocycles. The summed E-state index contributed by atoms with van der Waals surface area (Å²) in [5, 5.41) is 20.3. The molecule has 2 heterocycles. The summed E-state index contributed by atoms with van der Waals surface area (Å²) in [6, 6.07) is 7.43. The number of amides is 1. The lowest BCUT2D eigenvalue weighted by atomic mass is 10.2. The van der Waals surface area contributed by atoms with Crippen molar-refractivity contribution < 1.29 is 14.7 Å². The Morgan fingerprint density at radius 1 is 1.23 bits per heavy atom. The van der Waals surface area contributed by atoms with E-state index in [1.54, 1.807) is 16.9 Å². The van der Waals surface area contributed by atoms with E-state index < -0.39 is 5.97 Å². The number of hydrogen-bond acceptors (Lipinski definition) is 4. The highest BCUT2D eigenvalue weighted by Crippen LogP contribution is 2.22. The summed E-state index contributed by atoms with van der Waals surface area (Å²) >= 11 is 9.50. The molecule has 3 rings (SSSR count). The predicted molar refractivity (Wildman–Crippen MR) is 98.3 cm³/mol. The SMILES string of the molecule is O=C(Cn1cc(C(=O)O)cn1)Nc1nn(Cc2ccccc2Cl)cc1Br. The largest absolute Gasteiger partial charge is 0.478 e. The zero-order chi connectivity index (χ0) is 18.7. The third-order valence-corrected chi connectivity index (χ3v) is 4.40. The molecule has 1 aromatic carbocycles. The smallest absolute Gasteiger partial charge is 0.338 e. The van der Waals surface area contributed by atoms with Gasteiger partial charge in [0, 0.05) is 17.4 Å². The van der Waals surface area contributed by atoms with Crippen molar-refractivity contribution in [3.63, 3.8) is 0 Å². The lowest BCUT2D eigenvalue weighted by Crippen LogP contribution is -2.19. The van der Waals surface area contributed by atoms with Gasteiger partial charge in [0.25, 0.3) is 0 Å². The molecular formula is C16H13BrClN5O3. The maximum Gasteiger partial charge on any atom is 0.338 e. The molecule has 0 aliphatic rings. The molecule has 0 atom stereocenters. The summed E-state index contributed by atoms with van der Waals surface area (Å²) in [5.41, 5.74) is 0.919. The molecule has 26 heavy (non-hydrogen) atoms. The van der Waals surface area contributed by atoms with E-state index in [0.29, 0.717) is 21.9 Å². The number of halogens is 2. The van der Waals surface area contributed by atoms with Gasteiger partial charge in [-0.05, 0) is 27.6 Å². The van der Waals surface area contributed by atoms with Crippen LogP contribution in [0.15, 0.2) is 47.3 Å². The first-order chi connectivity index (χ1) is 12.4. The third kappa shape index (κ3) is 4.30. The molecule has 0 fully saturated rings. The van der Waals surface area contributed by atoms with Crippen molar-refractivity contribution in [3.8, 4) is 0 Å². The Kier molecular flexibility index (Phi) is 5.38. The normalized spacial score (nSPS) is 10.7. The van der Waals surface area contributed by atoms with Crippen LogP contribution in [0.2, 0.25) is 5.02 Å². The van der Waals surface area contributed by atoms with E-state index >= 15 is 0 Å². The first-order valence-corrected chi connectivity index (χ1v) is 8.61. The molecule has 0 saturated heterocycles. The fourth-order valence-corrected chi connectivity index (χ4v) is 2.85. The summed E-state index contributed by atoms with van der Waals surface area (Å²) in [6.45, 7) is 0.326. The van der Waals surface area contributed by atoms with Gasteiger partial charge in [0.05, 0.1) is 22.8 Å². The van der Waals surface area contributed by atoms with Crippen LogP contribution < -0.4 is 5.32 Å². The fourth-order valence-electron chi connectivity index (χ4n) is 2.24. The molecule has 134 valence electrons. The summed E-state index contributed by atoms with van der Waals surface area (Å²) in [4.78, 5) is 23.0. The highest BCUT2D eigenvalue weighted by Gasteiger charge is 2.13. The van der Waals surface area contributed by atoms with Crippen molar-refractivity contribution in [2.75, 3.05) is 5.32 Å². The van der Waals surface area contributed by atoms with Crippen LogP contribution in [-0.4, -0.2) is 36.5 Å². The second kappa shape index (κ2) is 7.71. The van der Waals surface area contributed by atoms with Gasteiger partial charge in [0.15, 0.2) is 5.82 Å². The molecule has 10 heteroatoms. The number of carboxylic acids is 1. The van der Waals surface area contributed by atoms with Gasteiger partial charge in [-0.15, -0.1) is 0 Å². The molecule has 1 amide bonds. The fraction of sp³-hybridized carbons (Fsp3) is 0.125. The van der Waals surface area contributed by atoms with E-state index in [2.05, 4.69) is 31.4 Å². The van der Waals surface area contributed by atoms with E-state index in [-0.39, 0.29) is 18.0 Å². The van der Waals surface area contributed by atoms with Crippen LogP contribution >= 0.6 is 27.5 Å². The van der Waals surface area contributed by atoms with Gasteiger partial charge in [-0.2, -0.15) is 10.2 Å². The van der Waals surface area contributed by atoms with Crippen molar-refractivity contribution in [3.05, 3.63) is 63.5 Å². The number of carbonyl (C=O) groups is 2. The van der Waals surface area contributed by atoms with Gasteiger partial charge >= 0.3 is 5.97 Å². The lowest BCUT2D eigenvalue weighted by Gasteiger charge is -2.04. The molecule has 2 aromatic heterocycles. The average molecular weight is 439 g/mol. The quantitative estimate of drug-likeness (QED) is 0.616. The van der Waals surface area contributed by atoms with Crippen LogP contribution in [0.25, 0.3) is 0 Å². The molecule has 0 aliphatic heterocycles. The standard InChI is InChI=1S/C16H13BrClN5O3/c17-12-8-23(6-10-3-1-2-4-13(10)18)21-15(12)20-14(24)9-22-7-11(5-19-22)16(25)26/h1-5,7-8H,6,9H2,(H,25,26)(H,20,21,24). The van der Waals surface area contributed by atoms with E-state index in [1.165, 1.54) is 17.1 Å². The topological polar surface area (TPSA) is 102 Å². The Balaban J connectivity index is 1.66. The van der Waals surface area contributed by atoms with Crippen molar-refractivity contribution in [2.24, 2.45) is 0 Å². The van der Waals surface area contributed by atoms with Gasteiger partial charge in [-0.25, -0.2) is 4.79 Å². The van der Waals surface area contributed by atoms with Crippen LogP contribution in [0.1, 0.15) is 15.9 Å². The van der Waals surface area contributed by atoms with Gasteiger partial charge in [0.2, 0.25) is 5.91 Å². The van der Waals surface area contributed by atoms with Gasteiger partial charge in [-0.1, -0.05) is 29.8 Å². The second-order valence-corrected chi connectivity index (χ2v) is 6.66. The molecule has 0 spiro atoms. The third-order valence-electron chi connectivity index (χ3n) is 3.45. The number of benzene rings is 1. The van der Waals surface area contributed by atoms with Crippen molar-refractivity contribution in [1.82, 2.24) is 19.6 Å². The van der Waals surface area contributed by atoms with Gasteiger partial charge in [-0.3, -0.25) is 14.2 Å². The first-order valence-electron chi connectivity index (χ1n) is 7.44. The summed E-state index contributed by atoms with van der Waals surface area (Å²) < 4.78 is 3.51.